The molecule has 0 aromatic carbocycles. The summed E-state index contributed by atoms with van der Waals surface area (Å²) in [7, 11) is 0. The molecular weight excluding hydrogens is 139 g/mol. The second kappa shape index (κ2) is 1.67. The SMILES string of the molecule is B1=c2occc2=C2OCC=C12. The fourth-order valence-corrected chi connectivity index (χ4v) is 1.51. The first-order valence-corrected chi connectivity index (χ1v) is 3.58. The maximum atomic E-state index is 5.39. The van der Waals surface area contributed by atoms with Gasteiger partial charge in [-0.25, -0.2) is 0 Å². The number of rotatable bonds is 0. The fourth-order valence-electron chi connectivity index (χ4n) is 1.51. The molecule has 2 aliphatic rings. The summed E-state index contributed by atoms with van der Waals surface area (Å²) in [4.78, 5) is 0. The molecule has 0 N–H and O–H groups in total. The first kappa shape index (κ1) is 5.41. The van der Waals surface area contributed by atoms with E-state index in [0.717, 1.165) is 16.3 Å². The van der Waals surface area contributed by atoms with Gasteiger partial charge in [-0.3, -0.25) is 0 Å². The van der Waals surface area contributed by atoms with Gasteiger partial charge in [0.25, 0.3) is 0 Å². The summed E-state index contributed by atoms with van der Waals surface area (Å²) in [5.74, 6) is 0.980. The van der Waals surface area contributed by atoms with Gasteiger partial charge in [-0.1, -0.05) is 0 Å². The Morgan fingerprint density at radius 2 is 2.45 bits per heavy atom. The standard InChI is InChI=1S/C8H5BO2/c1-3-11-8-5(1)7-6(9-8)2-4-10-7/h1-3H,4H2. The molecule has 0 spiro atoms. The van der Waals surface area contributed by atoms with Crippen LogP contribution in [0.3, 0.4) is 0 Å². The summed E-state index contributed by atoms with van der Waals surface area (Å²) in [5.41, 5.74) is 1.17. The molecule has 1 aromatic heterocycles. The van der Waals surface area contributed by atoms with Gasteiger partial charge in [-0.05, 0) is 0 Å². The molecule has 0 unspecified atom stereocenters. The molecule has 2 aliphatic heterocycles. The van der Waals surface area contributed by atoms with Gasteiger partial charge in [-0.15, -0.1) is 0 Å². The average Bonchev–Trinajstić information content (AvgIpc) is 2.52. The van der Waals surface area contributed by atoms with Gasteiger partial charge >= 0.3 is 62.8 Å². The van der Waals surface area contributed by atoms with Gasteiger partial charge in [0.05, 0.1) is 0 Å². The molecule has 0 saturated carbocycles. The molecule has 1 aromatic rings. The van der Waals surface area contributed by atoms with Crippen LogP contribution in [0.1, 0.15) is 0 Å². The van der Waals surface area contributed by atoms with E-state index in [9.17, 15) is 0 Å². The molecule has 3 heteroatoms. The summed E-state index contributed by atoms with van der Waals surface area (Å²) in [5, 5.41) is 2.01. The number of hydrogen-bond donors (Lipinski definition) is 0. The number of ether oxygens (including phenoxy) is 1. The zero-order valence-electron chi connectivity index (χ0n) is 5.83. The Labute approximate surface area is 63.7 Å². The van der Waals surface area contributed by atoms with Crippen LogP contribution in [0.25, 0.3) is 5.76 Å². The van der Waals surface area contributed by atoms with Gasteiger partial charge in [0.15, 0.2) is 0 Å². The van der Waals surface area contributed by atoms with E-state index in [2.05, 4.69) is 6.08 Å². The third-order valence-electron chi connectivity index (χ3n) is 2.02. The second-order valence-corrected chi connectivity index (χ2v) is 2.64. The Bertz CT molecular complexity index is 453. The topological polar surface area (TPSA) is 22.4 Å². The molecule has 0 saturated heterocycles. The van der Waals surface area contributed by atoms with Crippen molar-refractivity contribution in [1.29, 1.82) is 0 Å². The molecular formula is C8H5BO2. The second-order valence-electron chi connectivity index (χ2n) is 2.64. The first-order valence-electron chi connectivity index (χ1n) is 3.58. The molecule has 3 heterocycles. The predicted molar refractivity (Wildman–Crippen MR) is 40.4 cm³/mol. The van der Waals surface area contributed by atoms with E-state index >= 15 is 0 Å². The molecule has 0 aliphatic carbocycles. The van der Waals surface area contributed by atoms with Crippen molar-refractivity contribution >= 4 is 12.7 Å². The predicted octanol–water partition coefficient (Wildman–Crippen LogP) is 0.271. The van der Waals surface area contributed by atoms with Gasteiger partial charge in [-0.2, -0.15) is 0 Å². The van der Waals surface area contributed by atoms with Crippen LogP contribution in [-0.2, 0) is 4.74 Å². The minimum atomic E-state index is 0.700. The molecule has 0 radical (unpaired) electrons. The average molecular weight is 144 g/mol. The Morgan fingerprint density at radius 3 is 3.45 bits per heavy atom. The van der Waals surface area contributed by atoms with E-state index in [0.29, 0.717) is 6.61 Å². The van der Waals surface area contributed by atoms with E-state index in [-0.39, 0.29) is 0 Å². The molecule has 2 nitrogen and oxygen atoms in total. The number of furan rings is 1. The van der Waals surface area contributed by atoms with E-state index in [4.69, 9.17) is 9.15 Å². The van der Waals surface area contributed by atoms with Crippen LogP contribution in [0.2, 0.25) is 0 Å². The minimum absolute atomic E-state index is 0.700. The monoisotopic (exact) mass is 144 g/mol. The normalized spacial score (nSPS) is 17.8. The fraction of sp³-hybridized carbons (Fsp3) is 0.125. The van der Waals surface area contributed by atoms with Crippen LogP contribution in [0.4, 0.5) is 0 Å². The Balaban J connectivity index is 2.55. The van der Waals surface area contributed by atoms with Crippen LogP contribution < -0.4 is 5.22 Å². The van der Waals surface area contributed by atoms with Crippen molar-refractivity contribution in [3.05, 3.63) is 34.4 Å². The summed E-state index contributed by atoms with van der Waals surface area (Å²) in [6.45, 7) is 2.71. The molecule has 3 rings (SSSR count). The molecule has 0 atom stereocenters. The molecule has 0 fully saturated rings. The van der Waals surface area contributed by atoms with E-state index in [1.165, 1.54) is 5.47 Å². The zero-order chi connectivity index (χ0) is 7.26. The van der Waals surface area contributed by atoms with Crippen LogP contribution in [-0.4, -0.2) is 13.5 Å². The van der Waals surface area contributed by atoms with Gasteiger partial charge in [0.1, 0.15) is 0 Å². The van der Waals surface area contributed by atoms with Crippen molar-refractivity contribution < 1.29 is 9.15 Å². The summed E-state index contributed by atoms with van der Waals surface area (Å²) in [6, 6.07) is 1.94. The van der Waals surface area contributed by atoms with Gasteiger partial charge in [0, 0.05) is 0 Å². The van der Waals surface area contributed by atoms with Crippen molar-refractivity contribution in [3.8, 4) is 0 Å². The summed E-state index contributed by atoms with van der Waals surface area (Å²) in [6.07, 6.45) is 3.75. The van der Waals surface area contributed by atoms with Crippen LogP contribution >= 0.6 is 0 Å². The Hall–Kier alpha value is -1.25. The van der Waals surface area contributed by atoms with Gasteiger partial charge in [0.2, 0.25) is 0 Å². The quantitative estimate of drug-likeness (QED) is 0.487. The Kier molecular flexibility index (Phi) is 0.822. The van der Waals surface area contributed by atoms with E-state index in [1.54, 1.807) is 6.26 Å². The van der Waals surface area contributed by atoms with E-state index in [1.807, 2.05) is 13.0 Å². The van der Waals surface area contributed by atoms with Crippen molar-refractivity contribution in [3.63, 3.8) is 0 Å². The summed E-state index contributed by atoms with van der Waals surface area (Å²) >= 11 is 0. The van der Waals surface area contributed by atoms with Crippen molar-refractivity contribution in [2.45, 2.75) is 0 Å². The van der Waals surface area contributed by atoms with Gasteiger partial charge < -0.3 is 0 Å². The van der Waals surface area contributed by atoms with Crippen LogP contribution in [0, 0.1) is 5.31 Å². The van der Waals surface area contributed by atoms with Crippen molar-refractivity contribution in [2.24, 2.45) is 0 Å². The van der Waals surface area contributed by atoms with Crippen LogP contribution in [0.15, 0.2) is 28.3 Å². The first-order chi connectivity index (χ1) is 5.45. The van der Waals surface area contributed by atoms with E-state index < -0.39 is 0 Å². The third kappa shape index (κ3) is 0.558. The Morgan fingerprint density at radius 1 is 1.45 bits per heavy atom. The van der Waals surface area contributed by atoms with Crippen molar-refractivity contribution in [1.82, 2.24) is 0 Å². The van der Waals surface area contributed by atoms with Crippen molar-refractivity contribution in [2.75, 3.05) is 6.61 Å². The maximum absolute atomic E-state index is 5.39. The molecule has 52 valence electrons. The zero-order valence-corrected chi connectivity index (χ0v) is 5.83. The number of fused-ring (bicyclic) bond motifs is 2. The number of hydrogen-bond acceptors (Lipinski definition) is 2. The van der Waals surface area contributed by atoms with Crippen LogP contribution in [0.5, 0.6) is 0 Å². The molecule has 11 heavy (non-hydrogen) atoms. The summed E-state index contributed by atoms with van der Waals surface area (Å²) < 4.78 is 10.6. The molecule has 0 amide bonds. The third-order valence-corrected chi connectivity index (χ3v) is 2.02. The molecule has 0 bridgehead atoms.